The maximum atomic E-state index is 12.2. The van der Waals surface area contributed by atoms with Crippen molar-refractivity contribution in [1.82, 2.24) is 5.32 Å². The van der Waals surface area contributed by atoms with Gasteiger partial charge < -0.3 is 10.7 Å². The van der Waals surface area contributed by atoms with Gasteiger partial charge in [0.25, 0.3) is 5.91 Å². The summed E-state index contributed by atoms with van der Waals surface area (Å²) in [6.07, 6.45) is 3.81. The number of hydrogen-bond donors (Lipinski definition) is 3. The van der Waals surface area contributed by atoms with Crippen molar-refractivity contribution in [2.75, 3.05) is 12.0 Å². The molecule has 0 heterocycles. The zero-order valence-corrected chi connectivity index (χ0v) is 11.7. The van der Waals surface area contributed by atoms with Crippen LogP contribution in [-0.4, -0.2) is 12.5 Å². The molecule has 0 aliphatic heterocycles. The predicted molar refractivity (Wildman–Crippen MR) is 77.8 cm³/mol. The zero-order chi connectivity index (χ0) is 13.8. The first-order chi connectivity index (χ1) is 9.11. The van der Waals surface area contributed by atoms with Crippen LogP contribution in [0.1, 0.15) is 42.1 Å². The molecule has 104 valence electrons. The largest absolute Gasteiger partial charge is 0.352 e. The van der Waals surface area contributed by atoms with E-state index in [4.69, 9.17) is 5.84 Å². The molecular weight excluding hydrogens is 238 g/mol. The molecule has 0 aromatic heterocycles. The number of nitrogen functional groups attached to an aromatic ring is 1. The standard InChI is InChI=1S/C15H23N3O/c1-10-4-3-5-12(10)9-17-15(19)14-7-6-13(18-16)8-11(14)2/h6-8,10,12,18H,3-5,9,16H2,1-2H3,(H,17,19). The molecule has 1 aliphatic carbocycles. The van der Waals surface area contributed by atoms with Crippen LogP contribution in [0.4, 0.5) is 5.69 Å². The molecule has 2 rings (SSSR count). The molecule has 4 heteroatoms. The van der Waals surface area contributed by atoms with Crippen molar-refractivity contribution in [1.29, 1.82) is 0 Å². The minimum Gasteiger partial charge on any atom is -0.352 e. The summed E-state index contributed by atoms with van der Waals surface area (Å²) in [5, 5.41) is 3.06. The molecule has 0 radical (unpaired) electrons. The summed E-state index contributed by atoms with van der Waals surface area (Å²) < 4.78 is 0. The maximum Gasteiger partial charge on any atom is 0.251 e. The van der Waals surface area contributed by atoms with E-state index < -0.39 is 0 Å². The normalized spacial score (nSPS) is 22.3. The summed E-state index contributed by atoms with van der Waals surface area (Å²) in [5.41, 5.74) is 5.07. The van der Waals surface area contributed by atoms with Crippen molar-refractivity contribution in [2.45, 2.75) is 33.1 Å². The number of rotatable bonds is 4. The van der Waals surface area contributed by atoms with Gasteiger partial charge in [0, 0.05) is 17.8 Å². The third-order valence-electron chi connectivity index (χ3n) is 4.20. The quantitative estimate of drug-likeness (QED) is 0.576. The van der Waals surface area contributed by atoms with Gasteiger partial charge in [-0.3, -0.25) is 10.6 Å². The molecule has 4 N–H and O–H groups in total. The van der Waals surface area contributed by atoms with Crippen LogP contribution in [0.15, 0.2) is 18.2 Å². The second kappa shape index (κ2) is 6.06. The summed E-state index contributed by atoms with van der Waals surface area (Å²) in [7, 11) is 0. The fourth-order valence-corrected chi connectivity index (χ4v) is 2.85. The Labute approximate surface area is 114 Å². The fraction of sp³-hybridized carbons (Fsp3) is 0.533. The maximum absolute atomic E-state index is 12.2. The Kier molecular flexibility index (Phi) is 4.43. The van der Waals surface area contributed by atoms with Crippen LogP contribution >= 0.6 is 0 Å². The Morgan fingerprint density at radius 1 is 1.42 bits per heavy atom. The Balaban J connectivity index is 1.96. The molecule has 1 saturated carbocycles. The highest BCUT2D eigenvalue weighted by atomic mass is 16.1. The van der Waals surface area contributed by atoms with Crippen molar-refractivity contribution in [3.63, 3.8) is 0 Å². The van der Waals surface area contributed by atoms with Gasteiger partial charge in [0.1, 0.15) is 0 Å². The molecule has 4 nitrogen and oxygen atoms in total. The number of nitrogens with one attached hydrogen (secondary N) is 2. The monoisotopic (exact) mass is 261 g/mol. The van der Waals surface area contributed by atoms with E-state index in [1.54, 1.807) is 0 Å². The van der Waals surface area contributed by atoms with E-state index in [2.05, 4.69) is 17.7 Å². The number of carbonyl (C=O) groups excluding carboxylic acids is 1. The number of aryl methyl sites for hydroxylation is 1. The lowest BCUT2D eigenvalue weighted by Crippen LogP contribution is -2.30. The summed E-state index contributed by atoms with van der Waals surface area (Å²) >= 11 is 0. The van der Waals surface area contributed by atoms with Gasteiger partial charge in [-0.05, 0) is 48.9 Å². The summed E-state index contributed by atoms with van der Waals surface area (Å²) in [4.78, 5) is 12.2. The van der Waals surface area contributed by atoms with E-state index in [-0.39, 0.29) is 5.91 Å². The second-order valence-corrected chi connectivity index (χ2v) is 5.55. The molecule has 1 aliphatic rings. The molecule has 19 heavy (non-hydrogen) atoms. The van der Waals surface area contributed by atoms with Gasteiger partial charge in [0.2, 0.25) is 0 Å². The molecule has 0 saturated heterocycles. The minimum absolute atomic E-state index is 0.0140. The fourth-order valence-electron chi connectivity index (χ4n) is 2.85. The molecule has 1 aromatic carbocycles. The number of hydrogen-bond acceptors (Lipinski definition) is 3. The Morgan fingerprint density at radius 2 is 2.21 bits per heavy atom. The first-order valence-electron chi connectivity index (χ1n) is 6.97. The summed E-state index contributed by atoms with van der Waals surface area (Å²) in [5.74, 6) is 6.73. The van der Waals surface area contributed by atoms with E-state index in [0.29, 0.717) is 5.92 Å². The number of carbonyl (C=O) groups is 1. The van der Waals surface area contributed by atoms with Crippen LogP contribution in [0.2, 0.25) is 0 Å². The van der Waals surface area contributed by atoms with Crippen LogP contribution < -0.4 is 16.6 Å². The van der Waals surface area contributed by atoms with Crippen molar-refractivity contribution < 1.29 is 4.79 Å². The Bertz CT molecular complexity index is 459. The predicted octanol–water partition coefficient (Wildman–Crippen LogP) is 2.45. The number of hydrazine groups is 1. The first kappa shape index (κ1) is 13.9. The van der Waals surface area contributed by atoms with Crippen LogP contribution in [0, 0.1) is 18.8 Å². The van der Waals surface area contributed by atoms with E-state index in [1.807, 2.05) is 25.1 Å². The van der Waals surface area contributed by atoms with Gasteiger partial charge >= 0.3 is 0 Å². The first-order valence-corrected chi connectivity index (χ1v) is 6.97. The lowest BCUT2D eigenvalue weighted by molar-refractivity contribution is 0.0944. The van der Waals surface area contributed by atoms with Gasteiger partial charge in [0.15, 0.2) is 0 Å². The molecule has 0 spiro atoms. The molecular formula is C15H23N3O. The summed E-state index contributed by atoms with van der Waals surface area (Å²) in [6.45, 7) is 4.99. The molecule has 1 aromatic rings. The lowest BCUT2D eigenvalue weighted by atomic mass is 9.98. The average molecular weight is 261 g/mol. The highest BCUT2D eigenvalue weighted by Gasteiger charge is 2.23. The molecule has 1 fully saturated rings. The third kappa shape index (κ3) is 3.26. The topological polar surface area (TPSA) is 67.1 Å². The Morgan fingerprint density at radius 3 is 2.79 bits per heavy atom. The molecule has 1 amide bonds. The average Bonchev–Trinajstić information content (AvgIpc) is 2.81. The number of anilines is 1. The smallest absolute Gasteiger partial charge is 0.251 e. The lowest BCUT2D eigenvalue weighted by Gasteiger charge is -2.16. The third-order valence-corrected chi connectivity index (χ3v) is 4.20. The van der Waals surface area contributed by atoms with Crippen molar-refractivity contribution in [3.8, 4) is 0 Å². The summed E-state index contributed by atoms with van der Waals surface area (Å²) in [6, 6.07) is 5.52. The molecule has 2 atom stereocenters. The van der Waals surface area contributed by atoms with Crippen molar-refractivity contribution >= 4 is 11.6 Å². The van der Waals surface area contributed by atoms with E-state index in [9.17, 15) is 4.79 Å². The highest BCUT2D eigenvalue weighted by Crippen LogP contribution is 2.30. The minimum atomic E-state index is 0.0140. The highest BCUT2D eigenvalue weighted by molar-refractivity contribution is 5.96. The van der Waals surface area contributed by atoms with Gasteiger partial charge in [-0.15, -0.1) is 0 Å². The SMILES string of the molecule is Cc1cc(NN)ccc1C(=O)NCC1CCCC1C. The van der Waals surface area contributed by atoms with Gasteiger partial charge in [-0.2, -0.15) is 0 Å². The van der Waals surface area contributed by atoms with Crippen LogP contribution in [0.25, 0.3) is 0 Å². The van der Waals surface area contributed by atoms with Gasteiger partial charge in [-0.1, -0.05) is 19.8 Å². The van der Waals surface area contributed by atoms with Crippen LogP contribution in [-0.2, 0) is 0 Å². The number of benzene rings is 1. The van der Waals surface area contributed by atoms with E-state index in [0.717, 1.165) is 29.3 Å². The van der Waals surface area contributed by atoms with Crippen LogP contribution in [0.5, 0.6) is 0 Å². The van der Waals surface area contributed by atoms with Gasteiger partial charge in [-0.25, -0.2) is 0 Å². The molecule has 2 unspecified atom stereocenters. The van der Waals surface area contributed by atoms with Crippen LogP contribution in [0.3, 0.4) is 0 Å². The van der Waals surface area contributed by atoms with E-state index in [1.165, 1.54) is 19.3 Å². The Hall–Kier alpha value is -1.55. The zero-order valence-electron chi connectivity index (χ0n) is 11.7. The van der Waals surface area contributed by atoms with Gasteiger partial charge in [0.05, 0.1) is 0 Å². The molecule has 0 bridgehead atoms. The van der Waals surface area contributed by atoms with Crippen molar-refractivity contribution in [3.05, 3.63) is 29.3 Å². The second-order valence-electron chi connectivity index (χ2n) is 5.55. The number of amides is 1. The van der Waals surface area contributed by atoms with E-state index >= 15 is 0 Å². The number of nitrogens with two attached hydrogens (primary N) is 1. The van der Waals surface area contributed by atoms with Crippen molar-refractivity contribution in [2.24, 2.45) is 17.7 Å².